The quantitative estimate of drug-likeness (QED) is 0.295. The van der Waals surface area contributed by atoms with Crippen LogP contribution >= 0.6 is 0 Å². The molecule has 9 nitrogen and oxygen atoms in total. The molecule has 0 saturated heterocycles. The van der Waals surface area contributed by atoms with Gasteiger partial charge >= 0.3 is 12.0 Å². The number of rotatable bonds is 11. The minimum Gasteiger partial charge on any atom is -0.466 e. The molecule has 1 aliphatic carbocycles. The smallest absolute Gasteiger partial charge is 0.323 e. The number of hydrogen-bond acceptors (Lipinski definition) is 5. The lowest BCUT2D eigenvalue weighted by Crippen LogP contribution is -2.53. The van der Waals surface area contributed by atoms with Crippen molar-refractivity contribution in [2.24, 2.45) is 11.8 Å². The highest BCUT2D eigenvalue weighted by molar-refractivity contribution is 6.00. The van der Waals surface area contributed by atoms with E-state index in [0.717, 1.165) is 29.7 Å². The summed E-state index contributed by atoms with van der Waals surface area (Å²) >= 11 is 0. The summed E-state index contributed by atoms with van der Waals surface area (Å²) in [5.41, 5.74) is 3.03. The van der Waals surface area contributed by atoms with E-state index in [1.807, 2.05) is 45.0 Å². The molecule has 1 saturated carbocycles. The topological polar surface area (TPSA) is 126 Å². The van der Waals surface area contributed by atoms with Crippen molar-refractivity contribution in [2.75, 3.05) is 17.2 Å². The van der Waals surface area contributed by atoms with Crippen molar-refractivity contribution < 1.29 is 23.9 Å². The second kappa shape index (κ2) is 15.1. The van der Waals surface area contributed by atoms with Gasteiger partial charge in [0.15, 0.2) is 0 Å². The molecular weight excluding hydrogens is 508 g/mol. The van der Waals surface area contributed by atoms with Crippen LogP contribution in [0.5, 0.6) is 0 Å². The summed E-state index contributed by atoms with van der Waals surface area (Å²) < 4.78 is 5.22. The van der Waals surface area contributed by atoms with Crippen molar-refractivity contribution in [1.29, 1.82) is 0 Å². The van der Waals surface area contributed by atoms with Crippen LogP contribution in [0.15, 0.2) is 48.5 Å². The third kappa shape index (κ3) is 9.39. The molecule has 0 aromatic heterocycles. The highest BCUT2D eigenvalue weighted by atomic mass is 16.5. The number of para-hydroxylation sites is 1. The number of urea groups is 1. The number of amides is 4. The van der Waals surface area contributed by atoms with Gasteiger partial charge in [-0.3, -0.25) is 14.4 Å². The summed E-state index contributed by atoms with van der Waals surface area (Å²) in [6.45, 7) is 7.99. The van der Waals surface area contributed by atoms with E-state index in [9.17, 15) is 19.2 Å². The van der Waals surface area contributed by atoms with Crippen molar-refractivity contribution in [2.45, 2.75) is 78.3 Å². The zero-order chi connectivity index (χ0) is 29.1. The van der Waals surface area contributed by atoms with Crippen LogP contribution in [0.4, 0.5) is 16.2 Å². The van der Waals surface area contributed by atoms with E-state index in [0.29, 0.717) is 31.6 Å². The Labute approximate surface area is 236 Å². The fourth-order valence-electron chi connectivity index (χ4n) is 4.96. The Hall–Kier alpha value is -3.88. The van der Waals surface area contributed by atoms with Crippen molar-refractivity contribution in [3.63, 3.8) is 0 Å². The van der Waals surface area contributed by atoms with Crippen molar-refractivity contribution >= 4 is 35.2 Å². The Kier molecular flexibility index (Phi) is 11.5. The number of ether oxygens (including phenoxy) is 1. The average molecular weight is 551 g/mol. The number of esters is 1. The Morgan fingerprint density at radius 3 is 2.33 bits per heavy atom. The molecule has 216 valence electrons. The lowest BCUT2D eigenvalue weighted by molar-refractivity contribution is -0.150. The van der Waals surface area contributed by atoms with Gasteiger partial charge in [-0.25, -0.2) is 4.79 Å². The van der Waals surface area contributed by atoms with E-state index in [-0.39, 0.29) is 48.1 Å². The molecule has 2 aromatic rings. The average Bonchev–Trinajstić information content (AvgIpc) is 2.91. The van der Waals surface area contributed by atoms with Gasteiger partial charge in [0.2, 0.25) is 11.8 Å². The van der Waals surface area contributed by atoms with E-state index < -0.39 is 6.04 Å². The summed E-state index contributed by atoms with van der Waals surface area (Å²) in [6.07, 6.45) is 3.82. The summed E-state index contributed by atoms with van der Waals surface area (Å²) in [5.74, 6) is -1.01. The third-order valence-electron chi connectivity index (χ3n) is 7.01. The standard InChI is InChI=1S/C31H42N4O5/c1-5-40-30(38)24-11-7-9-13-26(24)34-29(37)27(18-20(2)3)33-28(36)19-22-14-16-23(17-15-22)32-31(39)35-25-12-8-6-10-21(25)4/h6,8,10,12,14-17,20,24,26-27H,5,7,9,11,13,18-19H2,1-4H3,(H,33,36)(H,34,37)(H2,32,35,39)/t24?,26?,27-/m0/s1. The van der Waals surface area contributed by atoms with Gasteiger partial charge in [-0.05, 0) is 68.4 Å². The molecule has 0 aliphatic heterocycles. The predicted molar refractivity (Wildman–Crippen MR) is 156 cm³/mol. The normalized spacial score (nSPS) is 17.4. The van der Waals surface area contributed by atoms with Crippen LogP contribution in [0.2, 0.25) is 0 Å². The molecule has 0 spiro atoms. The molecule has 3 atom stereocenters. The number of carbonyl (C=O) groups excluding carboxylic acids is 4. The molecule has 0 bridgehead atoms. The van der Waals surface area contributed by atoms with E-state index in [1.54, 1.807) is 31.2 Å². The van der Waals surface area contributed by atoms with Crippen LogP contribution in [0, 0.1) is 18.8 Å². The van der Waals surface area contributed by atoms with Crippen LogP contribution in [0.3, 0.4) is 0 Å². The van der Waals surface area contributed by atoms with Crippen LogP contribution in [0.25, 0.3) is 0 Å². The van der Waals surface area contributed by atoms with E-state index in [4.69, 9.17) is 4.74 Å². The maximum absolute atomic E-state index is 13.2. The molecule has 2 unspecified atom stereocenters. The number of carbonyl (C=O) groups is 4. The maximum atomic E-state index is 13.2. The fourth-order valence-corrected chi connectivity index (χ4v) is 4.96. The van der Waals surface area contributed by atoms with Gasteiger partial charge in [0.25, 0.3) is 0 Å². The molecule has 0 radical (unpaired) electrons. The number of nitrogens with one attached hydrogen (secondary N) is 4. The zero-order valence-corrected chi connectivity index (χ0v) is 23.9. The van der Waals surface area contributed by atoms with Crippen LogP contribution in [0.1, 0.15) is 64.0 Å². The first-order valence-corrected chi connectivity index (χ1v) is 14.1. The number of hydrogen-bond donors (Lipinski definition) is 4. The Balaban J connectivity index is 1.55. The van der Waals surface area contributed by atoms with Gasteiger partial charge in [-0.15, -0.1) is 0 Å². The second-order valence-corrected chi connectivity index (χ2v) is 10.8. The highest BCUT2D eigenvalue weighted by Crippen LogP contribution is 2.26. The lowest BCUT2D eigenvalue weighted by Gasteiger charge is -2.32. The fraction of sp³-hybridized carbons (Fsp3) is 0.484. The number of benzene rings is 2. The molecule has 4 N–H and O–H groups in total. The molecule has 9 heteroatoms. The molecule has 2 aromatic carbocycles. The van der Waals surface area contributed by atoms with Gasteiger partial charge in [0.05, 0.1) is 18.9 Å². The lowest BCUT2D eigenvalue weighted by atomic mass is 9.84. The first-order chi connectivity index (χ1) is 19.2. The van der Waals surface area contributed by atoms with Gasteiger partial charge in [0, 0.05) is 17.4 Å². The monoisotopic (exact) mass is 550 g/mol. The molecule has 0 heterocycles. The van der Waals surface area contributed by atoms with Gasteiger partial charge in [0.1, 0.15) is 6.04 Å². The Morgan fingerprint density at radius 1 is 0.950 bits per heavy atom. The minimum atomic E-state index is -0.705. The highest BCUT2D eigenvalue weighted by Gasteiger charge is 2.34. The van der Waals surface area contributed by atoms with E-state index in [2.05, 4.69) is 21.3 Å². The van der Waals surface area contributed by atoms with E-state index >= 15 is 0 Å². The van der Waals surface area contributed by atoms with Crippen molar-refractivity contribution in [1.82, 2.24) is 10.6 Å². The number of aryl methyl sites for hydroxylation is 1. The first-order valence-electron chi connectivity index (χ1n) is 14.1. The summed E-state index contributed by atoms with van der Waals surface area (Å²) in [4.78, 5) is 50.9. The summed E-state index contributed by atoms with van der Waals surface area (Å²) in [5, 5.41) is 11.5. The molecule has 1 aliphatic rings. The molecule has 3 rings (SSSR count). The largest absolute Gasteiger partial charge is 0.466 e. The molecule has 40 heavy (non-hydrogen) atoms. The molecular formula is C31H42N4O5. The third-order valence-corrected chi connectivity index (χ3v) is 7.01. The molecule has 1 fully saturated rings. The van der Waals surface area contributed by atoms with Crippen LogP contribution < -0.4 is 21.3 Å². The van der Waals surface area contributed by atoms with Crippen LogP contribution in [-0.2, 0) is 25.5 Å². The Bertz CT molecular complexity index is 1160. The van der Waals surface area contributed by atoms with Gasteiger partial charge < -0.3 is 26.0 Å². The summed E-state index contributed by atoms with van der Waals surface area (Å²) in [7, 11) is 0. The minimum absolute atomic E-state index is 0.0897. The predicted octanol–water partition coefficient (Wildman–Crippen LogP) is 4.95. The zero-order valence-electron chi connectivity index (χ0n) is 23.9. The summed E-state index contributed by atoms with van der Waals surface area (Å²) in [6, 6.07) is 13.2. The van der Waals surface area contributed by atoms with Gasteiger partial charge in [-0.1, -0.05) is 57.0 Å². The van der Waals surface area contributed by atoms with Crippen molar-refractivity contribution in [3.8, 4) is 0 Å². The first kappa shape index (κ1) is 30.7. The van der Waals surface area contributed by atoms with Crippen LogP contribution in [-0.4, -0.2) is 42.5 Å². The molecule has 4 amide bonds. The Morgan fingerprint density at radius 2 is 1.65 bits per heavy atom. The number of anilines is 2. The SMILES string of the molecule is CCOC(=O)C1CCCCC1NC(=O)[C@H](CC(C)C)NC(=O)Cc1ccc(NC(=O)Nc2ccccc2C)cc1. The van der Waals surface area contributed by atoms with E-state index in [1.165, 1.54) is 0 Å². The second-order valence-electron chi connectivity index (χ2n) is 10.8. The van der Waals surface area contributed by atoms with Crippen molar-refractivity contribution in [3.05, 3.63) is 59.7 Å². The maximum Gasteiger partial charge on any atom is 0.323 e. The van der Waals surface area contributed by atoms with Gasteiger partial charge in [-0.2, -0.15) is 0 Å².